The fourth-order valence-electron chi connectivity index (χ4n) is 3.73. The first-order valence-corrected chi connectivity index (χ1v) is 9.48. The van der Waals surface area contributed by atoms with Crippen LogP contribution in [0.4, 0.5) is 0 Å². The van der Waals surface area contributed by atoms with Crippen LogP contribution in [0.1, 0.15) is 24.5 Å². The van der Waals surface area contributed by atoms with Gasteiger partial charge in [0, 0.05) is 5.92 Å². The zero-order chi connectivity index (χ0) is 17.6. The molecule has 0 amide bonds. The van der Waals surface area contributed by atoms with E-state index in [4.69, 9.17) is 4.74 Å². The molecule has 1 aliphatic rings. The van der Waals surface area contributed by atoms with Crippen molar-refractivity contribution in [1.29, 1.82) is 0 Å². The summed E-state index contributed by atoms with van der Waals surface area (Å²) in [6.07, 6.45) is 2.42. The average molecular weight is 343 g/mol. The van der Waals surface area contributed by atoms with Crippen molar-refractivity contribution in [2.24, 2.45) is 5.92 Å². The summed E-state index contributed by atoms with van der Waals surface area (Å²) >= 11 is 0. The van der Waals surface area contributed by atoms with Gasteiger partial charge in [0.2, 0.25) is 0 Å². The van der Waals surface area contributed by atoms with Crippen LogP contribution in [0, 0.1) is 5.92 Å². The Morgan fingerprint density at radius 3 is 1.92 bits per heavy atom. The highest BCUT2D eigenvalue weighted by atomic mass is 16.5. The largest absolute Gasteiger partial charge is 0.485 e. The molecule has 1 heterocycles. The minimum absolute atomic E-state index is 0.112. The van der Waals surface area contributed by atoms with Gasteiger partial charge in [0.1, 0.15) is 11.9 Å². The molecule has 0 bridgehead atoms. The highest BCUT2D eigenvalue weighted by Gasteiger charge is 2.26. The topological polar surface area (TPSA) is 21.3 Å². The molecule has 2 heteroatoms. The van der Waals surface area contributed by atoms with Crippen LogP contribution in [0.5, 0.6) is 5.75 Å². The molecular formula is C24H25NO. The molecule has 1 atom stereocenters. The van der Waals surface area contributed by atoms with Gasteiger partial charge in [-0.05, 0) is 54.8 Å². The summed E-state index contributed by atoms with van der Waals surface area (Å²) in [7, 11) is 0. The summed E-state index contributed by atoms with van der Waals surface area (Å²) < 4.78 is 6.50. The Kier molecular flexibility index (Phi) is 5.32. The van der Waals surface area contributed by atoms with Crippen molar-refractivity contribution in [3.63, 3.8) is 0 Å². The maximum Gasteiger partial charge on any atom is 0.127 e. The summed E-state index contributed by atoms with van der Waals surface area (Å²) in [5, 5.41) is 3.45. The lowest BCUT2D eigenvalue weighted by molar-refractivity contribution is 0.112. The summed E-state index contributed by atoms with van der Waals surface area (Å²) in [5.74, 6) is 1.49. The predicted molar refractivity (Wildman–Crippen MR) is 107 cm³/mol. The smallest absolute Gasteiger partial charge is 0.127 e. The first-order valence-electron chi connectivity index (χ1n) is 9.48. The van der Waals surface area contributed by atoms with E-state index in [-0.39, 0.29) is 6.10 Å². The van der Waals surface area contributed by atoms with Crippen LogP contribution in [-0.4, -0.2) is 13.1 Å². The van der Waals surface area contributed by atoms with Gasteiger partial charge in [0.25, 0.3) is 0 Å². The van der Waals surface area contributed by atoms with Gasteiger partial charge in [0.15, 0.2) is 0 Å². The van der Waals surface area contributed by atoms with E-state index in [0.717, 1.165) is 31.7 Å². The standard InChI is InChI=1S/C24H25NO/c1-3-7-19(8-4-1)20-11-13-23(14-12-20)26-24(21-9-5-2-6-10-21)22-15-17-25-18-16-22/h1-14,22,24-25H,15-18H2. The number of benzene rings is 3. The zero-order valence-electron chi connectivity index (χ0n) is 15.0. The SMILES string of the molecule is c1ccc(-c2ccc(OC(c3ccccc3)C3CCNCC3)cc2)cc1. The third kappa shape index (κ3) is 3.97. The molecule has 0 saturated carbocycles. The van der Waals surface area contributed by atoms with E-state index in [1.807, 2.05) is 6.07 Å². The van der Waals surface area contributed by atoms with Crippen molar-refractivity contribution < 1.29 is 4.74 Å². The lowest BCUT2D eigenvalue weighted by Gasteiger charge is -2.31. The average Bonchev–Trinajstić information content (AvgIpc) is 2.74. The van der Waals surface area contributed by atoms with Crippen LogP contribution < -0.4 is 10.1 Å². The molecule has 0 radical (unpaired) electrons. The van der Waals surface area contributed by atoms with Gasteiger partial charge in [-0.25, -0.2) is 0 Å². The molecule has 26 heavy (non-hydrogen) atoms. The van der Waals surface area contributed by atoms with Gasteiger partial charge in [-0.2, -0.15) is 0 Å². The molecule has 1 unspecified atom stereocenters. The normalized spacial score (nSPS) is 16.2. The lowest BCUT2D eigenvalue weighted by atomic mass is 9.88. The number of nitrogens with one attached hydrogen (secondary N) is 1. The van der Waals surface area contributed by atoms with Crippen molar-refractivity contribution in [3.8, 4) is 16.9 Å². The van der Waals surface area contributed by atoms with Crippen molar-refractivity contribution in [2.45, 2.75) is 18.9 Å². The number of hydrogen-bond donors (Lipinski definition) is 1. The molecule has 3 aromatic rings. The number of ether oxygens (including phenoxy) is 1. The fourth-order valence-corrected chi connectivity index (χ4v) is 3.73. The van der Waals surface area contributed by atoms with E-state index in [1.165, 1.54) is 16.7 Å². The second-order valence-corrected chi connectivity index (χ2v) is 6.93. The highest BCUT2D eigenvalue weighted by Crippen LogP contribution is 2.34. The number of piperidine rings is 1. The fraction of sp³-hybridized carbons (Fsp3) is 0.250. The van der Waals surface area contributed by atoms with Crippen molar-refractivity contribution >= 4 is 0 Å². The molecule has 132 valence electrons. The van der Waals surface area contributed by atoms with Crippen molar-refractivity contribution in [3.05, 3.63) is 90.5 Å². The Balaban J connectivity index is 1.55. The van der Waals surface area contributed by atoms with Crippen LogP contribution in [0.3, 0.4) is 0 Å². The Bertz CT molecular complexity index is 793. The summed E-state index contributed by atoms with van der Waals surface area (Å²) in [5.41, 5.74) is 3.72. The third-order valence-electron chi connectivity index (χ3n) is 5.16. The molecule has 1 aliphatic heterocycles. The van der Waals surface area contributed by atoms with E-state index >= 15 is 0 Å². The Morgan fingerprint density at radius 2 is 1.27 bits per heavy atom. The molecule has 2 nitrogen and oxygen atoms in total. The second-order valence-electron chi connectivity index (χ2n) is 6.93. The Morgan fingerprint density at radius 1 is 0.692 bits per heavy atom. The van der Waals surface area contributed by atoms with E-state index in [9.17, 15) is 0 Å². The van der Waals surface area contributed by atoms with E-state index in [2.05, 4.69) is 84.2 Å². The van der Waals surface area contributed by atoms with Crippen LogP contribution in [0.15, 0.2) is 84.9 Å². The van der Waals surface area contributed by atoms with E-state index < -0.39 is 0 Å². The van der Waals surface area contributed by atoms with Crippen molar-refractivity contribution in [2.75, 3.05) is 13.1 Å². The minimum atomic E-state index is 0.112. The van der Waals surface area contributed by atoms with Gasteiger partial charge in [-0.15, -0.1) is 0 Å². The van der Waals surface area contributed by atoms with Crippen LogP contribution >= 0.6 is 0 Å². The van der Waals surface area contributed by atoms with Crippen molar-refractivity contribution in [1.82, 2.24) is 5.32 Å². The maximum atomic E-state index is 6.50. The van der Waals surface area contributed by atoms with Gasteiger partial charge < -0.3 is 10.1 Å². The van der Waals surface area contributed by atoms with Crippen LogP contribution in [0.25, 0.3) is 11.1 Å². The predicted octanol–water partition coefficient (Wildman–Crippen LogP) is 5.47. The molecular weight excluding hydrogens is 318 g/mol. The summed E-state index contributed by atoms with van der Waals surface area (Å²) in [6.45, 7) is 2.15. The molecule has 4 rings (SSSR count). The van der Waals surface area contributed by atoms with Gasteiger partial charge >= 0.3 is 0 Å². The molecule has 3 aromatic carbocycles. The second kappa shape index (κ2) is 8.20. The van der Waals surface area contributed by atoms with Gasteiger partial charge in [-0.3, -0.25) is 0 Å². The third-order valence-corrected chi connectivity index (χ3v) is 5.16. The first-order chi connectivity index (χ1) is 12.9. The number of hydrogen-bond acceptors (Lipinski definition) is 2. The maximum absolute atomic E-state index is 6.50. The van der Waals surface area contributed by atoms with Crippen LogP contribution in [-0.2, 0) is 0 Å². The quantitative estimate of drug-likeness (QED) is 0.663. The molecule has 0 aliphatic carbocycles. The highest BCUT2D eigenvalue weighted by molar-refractivity contribution is 5.63. The monoisotopic (exact) mass is 343 g/mol. The van der Waals surface area contributed by atoms with E-state index in [0.29, 0.717) is 5.92 Å². The van der Waals surface area contributed by atoms with E-state index in [1.54, 1.807) is 0 Å². The lowest BCUT2D eigenvalue weighted by Crippen LogP contribution is -2.32. The molecule has 1 N–H and O–H groups in total. The minimum Gasteiger partial charge on any atom is -0.485 e. The summed E-state index contributed by atoms with van der Waals surface area (Å²) in [4.78, 5) is 0. The molecule has 0 aromatic heterocycles. The Labute approximate surface area is 155 Å². The van der Waals surface area contributed by atoms with Gasteiger partial charge in [0.05, 0.1) is 0 Å². The zero-order valence-corrected chi connectivity index (χ0v) is 15.0. The molecule has 1 fully saturated rings. The Hall–Kier alpha value is -2.58. The summed E-state index contributed by atoms with van der Waals surface area (Å²) in [6, 6.07) is 29.6. The van der Waals surface area contributed by atoms with Crippen LogP contribution in [0.2, 0.25) is 0 Å². The first kappa shape index (κ1) is 16.9. The number of rotatable bonds is 5. The molecule has 0 spiro atoms. The van der Waals surface area contributed by atoms with Gasteiger partial charge in [-0.1, -0.05) is 72.8 Å². The molecule has 1 saturated heterocycles.